The van der Waals surface area contributed by atoms with Crippen molar-refractivity contribution >= 4 is 0 Å². The number of hydrogen-bond acceptors (Lipinski definition) is 1. The number of hydrogen-bond donors (Lipinski definition) is 1. The van der Waals surface area contributed by atoms with Gasteiger partial charge in [0.1, 0.15) is 0 Å². The lowest BCUT2D eigenvalue weighted by atomic mass is 9.87. The fourth-order valence-corrected chi connectivity index (χ4v) is 2.52. The highest BCUT2D eigenvalue weighted by atomic mass is 14.9. The largest absolute Gasteiger partial charge is 0.313 e. The SMILES string of the molecule is CCCNC(C(C)C)C(C)Cc1ccccc1. The number of rotatable bonds is 7. The van der Waals surface area contributed by atoms with E-state index in [2.05, 4.69) is 63.3 Å². The molecule has 0 heterocycles. The van der Waals surface area contributed by atoms with Gasteiger partial charge in [-0.15, -0.1) is 0 Å². The molecule has 0 bridgehead atoms. The predicted molar refractivity (Wildman–Crippen MR) is 76.2 cm³/mol. The average molecular weight is 233 g/mol. The van der Waals surface area contributed by atoms with E-state index >= 15 is 0 Å². The van der Waals surface area contributed by atoms with Gasteiger partial charge < -0.3 is 5.32 Å². The maximum absolute atomic E-state index is 3.69. The highest BCUT2D eigenvalue weighted by molar-refractivity contribution is 5.15. The van der Waals surface area contributed by atoms with Crippen LogP contribution in [0.25, 0.3) is 0 Å². The van der Waals surface area contributed by atoms with Crippen LogP contribution in [0.5, 0.6) is 0 Å². The van der Waals surface area contributed by atoms with Crippen LogP contribution >= 0.6 is 0 Å². The van der Waals surface area contributed by atoms with Crippen LogP contribution in [0, 0.1) is 11.8 Å². The van der Waals surface area contributed by atoms with Gasteiger partial charge in [-0.1, -0.05) is 58.0 Å². The maximum Gasteiger partial charge on any atom is 0.0119 e. The molecule has 0 spiro atoms. The van der Waals surface area contributed by atoms with E-state index in [4.69, 9.17) is 0 Å². The van der Waals surface area contributed by atoms with Crippen LogP contribution < -0.4 is 5.32 Å². The highest BCUT2D eigenvalue weighted by Crippen LogP contribution is 2.17. The molecule has 1 aromatic rings. The third-order valence-corrected chi connectivity index (χ3v) is 3.36. The van der Waals surface area contributed by atoms with E-state index in [1.54, 1.807) is 0 Å². The molecule has 17 heavy (non-hydrogen) atoms. The van der Waals surface area contributed by atoms with Crippen molar-refractivity contribution in [2.75, 3.05) is 6.54 Å². The fraction of sp³-hybridized carbons (Fsp3) is 0.625. The van der Waals surface area contributed by atoms with E-state index in [-0.39, 0.29) is 0 Å². The summed E-state index contributed by atoms with van der Waals surface area (Å²) in [4.78, 5) is 0. The monoisotopic (exact) mass is 233 g/mol. The summed E-state index contributed by atoms with van der Waals surface area (Å²) in [6, 6.07) is 11.4. The van der Waals surface area contributed by atoms with Gasteiger partial charge in [0.25, 0.3) is 0 Å². The Morgan fingerprint density at radius 3 is 2.24 bits per heavy atom. The quantitative estimate of drug-likeness (QED) is 0.753. The summed E-state index contributed by atoms with van der Waals surface area (Å²) in [7, 11) is 0. The molecule has 0 aliphatic carbocycles. The summed E-state index contributed by atoms with van der Waals surface area (Å²) < 4.78 is 0. The molecule has 1 heteroatoms. The second-order valence-electron chi connectivity index (χ2n) is 5.39. The van der Waals surface area contributed by atoms with Gasteiger partial charge in [-0.2, -0.15) is 0 Å². The molecular weight excluding hydrogens is 206 g/mol. The van der Waals surface area contributed by atoms with Crippen molar-refractivity contribution in [3.63, 3.8) is 0 Å². The lowest BCUT2D eigenvalue weighted by Crippen LogP contribution is -2.40. The van der Waals surface area contributed by atoms with Crippen molar-refractivity contribution in [2.45, 2.75) is 46.6 Å². The average Bonchev–Trinajstić information content (AvgIpc) is 2.30. The molecular formula is C16H27N. The first-order chi connectivity index (χ1) is 8.15. The molecule has 96 valence electrons. The molecule has 2 atom stereocenters. The van der Waals surface area contributed by atoms with Crippen molar-refractivity contribution in [3.8, 4) is 0 Å². The second kappa shape index (κ2) is 7.50. The van der Waals surface area contributed by atoms with Crippen molar-refractivity contribution in [2.24, 2.45) is 11.8 Å². The zero-order valence-corrected chi connectivity index (χ0v) is 11.7. The van der Waals surface area contributed by atoms with Gasteiger partial charge in [-0.05, 0) is 36.8 Å². The molecule has 1 rings (SSSR count). The Balaban J connectivity index is 2.55. The summed E-state index contributed by atoms with van der Waals surface area (Å²) in [6.45, 7) is 10.3. The highest BCUT2D eigenvalue weighted by Gasteiger charge is 2.19. The lowest BCUT2D eigenvalue weighted by Gasteiger charge is -2.29. The van der Waals surface area contributed by atoms with Crippen molar-refractivity contribution in [1.29, 1.82) is 0 Å². The van der Waals surface area contributed by atoms with E-state index in [1.165, 1.54) is 18.4 Å². The second-order valence-corrected chi connectivity index (χ2v) is 5.39. The number of nitrogens with one attached hydrogen (secondary N) is 1. The zero-order valence-electron chi connectivity index (χ0n) is 11.7. The Labute approximate surface area is 107 Å². The third-order valence-electron chi connectivity index (χ3n) is 3.36. The first kappa shape index (κ1) is 14.2. The molecule has 0 amide bonds. The third kappa shape index (κ3) is 4.91. The zero-order chi connectivity index (χ0) is 12.7. The fourth-order valence-electron chi connectivity index (χ4n) is 2.52. The first-order valence-electron chi connectivity index (χ1n) is 6.92. The van der Waals surface area contributed by atoms with Crippen LogP contribution in [0.3, 0.4) is 0 Å². The molecule has 0 saturated carbocycles. The van der Waals surface area contributed by atoms with E-state index in [1.807, 2.05) is 0 Å². The molecule has 1 aromatic carbocycles. The van der Waals surface area contributed by atoms with Crippen molar-refractivity contribution < 1.29 is 0 Å². The standard InChI is InChI=1S/C16H27N/c1-5-11-17-16(13(2)3)14(4)12-15-9-7-6-8-10-15/h6-10,13-14,16-17H,5,11-12H2,1-4H3. The summed E-state index contributed by atoms with van der Waals surface area (Å²) in [5.74, 6) is 1.38. The van der Waals surface area contributed by atoms with Crippen LogP contribution in [-0.2, 0) is 6.42 Å². The lowest BCUT2D eigenvalue weighted by molar-refractivity contribution is 0.297. The van der Waals surface area contributed by atoms with Gasteiger partial charge in [0.05, 0.1) is 0 Å². The van der Waals surface area contributed by atoms with E-state index in [9.17, 15) is 0 Å². The normalized spacial score (nSPS) is 14.9. The van der Waals surface area contributed by atoms with Crippen LogP contribution in [-0.4, -0.2) is 12.6 Å². The van der Waals surface area contributed by atoms with E-state index in [0.717, 1.165) is 6.54 Å². The molecule has 2 unspecified atom stereocenters. The molecule has 0 aliphatic heterocycles. The summed E-state index contributed by atoms with van der Waals surface area (Å²) in [5.41, 5.74) is 1.45. The Kier molecular flexibility index (Phi) is 6.28. The minimum Gasteiger partial charge on any atom is -0.313 e. The van der Waals surface area contributed by atoms with Crippen LogP contribution in [0.1, 0.15) is 39.7 Å². The topological polar surface area (TPSA) is 12.0 Å². The Morgan fingerprint density at radius 2 is 1.71 bits per heavy atom. The Hall–Kier alpha value is -0.820. The van der Waals surface area contributed by atoms with Gasteiger partial charge in [-0.25, -0.2) is 0 Å². The Bertz CT molecular complexity index is 292. The molecule has 0 aromatic heterocycles. The predicted octanol–water partition coefficient (Wildman–Crippen LogP) is 3.89. The molecule has 1 N–H and O–H groups in total. The summed E-state index contributed by atoms with van der Waals surface area (Å²) in [6.07, 6.45) is 2.38. The van der Waals surface area contributed by atoms with Gasteiger partial charge in [0, 0.05) is 6.04 Å². The molecule has 0 fully saturated rings. The van der Waals surface area contributed by atoms with Gasteiger partial charge in [-0.3, -0.25) is 0 Å². The smallest absolute Gasteiger partial charge is 0.0119 e. The van der Waals surface area contributed by atoms with Crippen molar-refractivity contribution in [1.82, 2.24) is 5.32 Å². The van der Waals surface area contributed by atoms with Gasteiger partial charge in [0.2, 0.25) is 0 Å². The number of benzene rings is 1. The van der Waals surface area contributed by atoms with E-state index in [0.29, 0.717) is 17.9 Å². The summed E-state index contributed by atoms with van der Waals surface area (Å²) >= 11 is 0. The molecule has 0 aliphatic rings. The van der Waals surface area contributed by atoms with Crippen LogP contribution in [0.15, 0.2) is 30.3 Å². The van der Waals surface area contributed by atoms with Crippen molar-refractivity contribution in [3.05, 3.63) is 35.9 Å². The maximum atomic E-state index is 3.69. The van der Waals surface area contributed by atoms with Gasteiger partial charge in [0.15, 0.2) is 0 Å². The van der Waals surface area contributed by atoms with Crippen LogP contribution in [0.2, 0.25) is 0 Å². The molecule has 0 saturated heterocycles. The minimum atomic E-state index is 0.621. The first-order valence-corrected chi connectivity index (χ1v) is 6.92. The minimum absolute atomic E-state index is 0.621. The summed E-state index contributed by atoms with van der Waals surface area (Å²) in [5, 5.41) is 3.69. The van der Waals surface area contributed by atoms with Crippen LogP contribution in [0.4, 0.5) is 0 Å². The van der Waals surface area contributed by atoms with Gasteiger partial charge >= 0.3 is 0 Å². The molecule has 0 radical (unpaired) electrons. The molecule has 1 nitrogen and oxygen atoms in total. The van der Waals surface area contributed by atoms with E-state index < -0.39 is 0 Å². The Morgan fingerprint density at radius 1 is 1.06 bits per heavy atom.